The Morgan fingerprint density at radius 3 is 1.95 bits per heavy atom. The smallest absolute Gasteiger partial charge is 0.323 e. The second-order valence-electron chi connectivity index (χ2n) is 5.55. The first kappa shape index (κ1) is 18.2. The summed E-state index contributed by atoms with van der Waals surface area (Å²) in [5.74, 6) is -0.880. The summed E-state index contributed by atoms with van der Waals surface area (Å²) in [6.07, 6.45) is 0. The number of amides is 3. The Bertz CT molecular complexity index is 332. The normalized spacial score (nSPS) is 10.9. The van der Waals surface area contributed by atoms with Gasteiger partial charge in [0, 0.05) is 6.54 Å². The number of carboxylic acid groups (broad SMARTS) is 1. The minimum atomic E-state index is -1.19. The molecule has 116 valence electrons. The van der Waals surface area contributed by atoms with Gasteiger partial charge in [-0.1, -0.05) is 27.7 Å². The van der Waals surface area contributed by atoms with Crippen LogP contribution < -0.4 is 11.1 Å². The molecule has 0 aromatic heterocycles. The number of nitrogens with two attached hydrogens (primary N) is 1. The molecule has 0 saturated carbocycles. The summed E-state index contributed by atoms with van der Waals surface area (Å²) in [5, 5.41) is 11.4. The van der Waals surface area contributed by atoms with Crippen LogP contribution in [0, 0.1) is 17.8 Å². The zero-order valence-electron chi connectivity index (χ0n) is 12.5. The summed E-state index contributed by atoms with van der Waals surface area (Å²) in [4.78, 5) is 34.3. The Morgan fingerprint density at radius 2 is 1.60 bits per heavy atom. The van der Waals surface area contributed by atoms with Crippen LogP contribution >= 0.6 is 0 Å². The molecule has 0 heterocycles. The van der Waals surface area contributed by atoms with Crippen molar-refractivity contribution in [1.82, 2.24) is 10.2 Å². The SMILES string of the molecule is CC(C)C(CNC(=O)N(CC(N)=O)CC(=O)O)C(C)C. The molecule has 0 aromatic rings. The predicted octanol–water partition coefficient (Wildman–Crippen LogP) is 0.496. The van der Waals surface area contributed by atoms with Crippen molar-refractivity contribution in [3.63, 3.8) is 0 Å². The van der Waals surface area contributed by atoms with Crippen molar-refractivity contribution in [3.8, 4) is 0 Å². The number of hydrogen-bond acceptors (Lipinski definition) is 3. The lowest BCUT2D eigenvalue weighted by atomic mass is 9.85. The highest BCUT2D eigenvalue weighted by atomic mass is 16.4. The highest BCUT2D eigenvalue weighted by Gasteiger charge is 2.22. The lowest BCUT2D eigenvalue weighted by Gasteiger charge is -2.27. The number of urea groups is 1. The van der Waals surface area contributed by atoms with E-state index in [4.69, 9.17) is 10.8 Å². The van der Waals surface area contributed by atoms with Gasteiger partial charge in [0.1, 0.15) is 13.1 Å². The molecule has 7 nitrogen and oxygen atoms in total. The summed E-state index contributed by atoms with van der Waals surface area (Å²) in [7, 11) is 0. The third-order valence-electron chi connectivity index (χ3n) is 3.16. The van der Waals surface area contributed by atoms with Crippen molar-refractivity contribution in [2.24, 2.45) is 23.5 Å². The van der Waals surface area contributed by atoms with Crippen LogP contribution in [0.5, 0.6) is 0 Å². The van der Waals surface area contributed by atoms with E-state index in [-0.39, 0.29) is 5.92 Å². The lowest BCUT2D eigenvalue weighted by Crippen LogP contribution is -2.48. The zero-order chi connectivity index (χ0) is 15.9. The summed E-state index contributed by atoms with van der Waals surface area (Å²) in [6.45, 7) is 7.73. The molecular formula is C13H25N3O4. The quantitative estimate of drug-likeness (QED) is 0.603. The lowest BCUT2D eigenvalue weighted by molar-refractivity contribution is -0.137. The molecule has 0 atom stereocenters. The van der Waals surface area contributed by atoms with Crippen LogP contribution in [0.2, 0.25) is 0 Å². The molecule has 20 heavy (non-hydrogen) atoms. The van der Waals surface area contributed by atoms with E-state index in [0.29, 0.717) is 18.4 Å². The van der Waals surface area contributed by atoms with Crippen molar-refractivity contribution >= 4 is 17.9 Å². The minimum Gasteiger partial charge on any atom is -0.480 e. The van der Waals surface area contributed by atoms with E-state index in [9.17, 15) is 14.4 Å². The second-order valence-corrected chi connectivity index (χ2v) is 5.55. The van der Waals surface area contributed by atoms with Gasteiger partial charge in [-0.25, -0.2) is 4.79 Å². The molecule has 0 fully saturated rings. The van der Waals surface area contributed by atoms with E-state index in [1.165, 1.54) is 0 Å². The van der Waals surface area contributed by atoms with Gasteiger partial charge in [0.2, 0.25) is 5.91 Å². The van der Waals surface area contributed by atoms with E-state index in [0.717, 1.165) is 4.90 Å². The van der Waals surface area contributed by atoms with Crippen molar-refractivity contribution in [3.05, 3.63) is 0 Å². The monoisotopic (exact) mass is 287 g/mol. The Labute approximate surface area is 119 Å². The Balaban J connectivity index is 4.58. The number of carboxylic acids is 1. The third-order valence-corrected chi connectivity index (χ3v) is 3.16. The highest BCUT2D eigenvalue weighted by Crippen LogP contribution is 2.19. The second kappa shape index (κ2) is 8.39. The average Bonchev–Trinajstić information content (AvgIpc) is 2.25. The molecule has 0 aliphatic heterocycles. The van der Waals surface area contributed by atoms with Gasteiger partial charge in [0.15, 0.2) is 0 Å². The van der Waals surface area contributed by atoms with Crippen LogP contribution in [0.1, 0.15) is 27.7 Å². The first-order valence-electron chi connectivity index (χ1n) is 6.68. The van der Waals surface area contributed by atoms with Gasteiger partial charge in [0.25, 0.3) is 0 Å². The maximum Gasteiger partial charge on any atom is 0.323 e. The molecule has 0 saturated heterocycles. The largest absolute Gasteiger partial charge is 0.480 e. The van der Waals surface area contributed by atoms with E-state index < -0.39 is 31.0 Å². The molecule has 0 spiro atoms. The van der Waals surface area contributed by atoms with Gasteiger partial charge in [-0.05, 0) is 17.8 Å². The fourth-order valence-electron chi connectivity index (χ4n) is 2.11. The van der Waals surface area contributed by atoms with Crippen LogP contribution in [0.4, 0.5) is 4.79 Å². The molecule has 0 aromatic carbocycles. The van der Waals surface area contributed by atoms with Crippen molar-refractivity contribution in [2.45, 2.75) is 27.7 Å². The Kier molecular flexibility index (Phi) is 7.64. The first-order chi connectivity index (χ1) is 9.15. The third kappa shape index (κ3) is 6.96. The zero-order valence-corrected chi connectivity index (χ0v) is 12.5. The van der Waals surface area contributed by atoms with Gasteiger partial charge in [0.05, 0.1) is 0 Å². The fourth-order valence-corrected chi connectivity index (χ4v) is 2.11. The first-order valence-corrected chi connectivity index (χ1v) is 6.68. The number of carbonyl (C=O) groups is 3. The van der Waals surface area contributed by atoms with Crippen LogP contribution in [0.15, 0.2) is 0 Å². The van der Waals surface area contributed by atoms with Crippen LogP contribution in [-0.4, -0.2) is 47.5 Å². The van der Waals surface area contributed by atoms with Gasteiger partial charge in [-0.2, -0.15) is 0 Å². The summed E-state index contributed by atoms with van der Waals surface area (Å²) >= 11 is 0. The topological polar surface area (TPSA) is 113 Å². The van der Waals surface area contributed by atoms with Gasteiger partial charge in [-0.3, -0.25) is 9.59 Å². The summed E-state index contributed by atoms with van der Waals surface area (Å²) in [5.41, 5.74) is 5.01. The van der Waals surface area contributed by atoms with Gasteiger partial charge in [-0.15, -0.1) is 0 Å². The fraction of sp³-hybridized carbons (Fsp3) is 0.769. The van der Waals surface area contributed by atoms with E-state index >= 15 is 0 Å². The number of rotatable bonds is 8. The molecule has 0 rings (SSSR count). The van der Waals surface area contributed by atoms with Crippen molar-refractivity contribution in [2.75, 3.05) is 19.6 Å². The highest BCUT2D eigenvalue weighted by molar-refractivity contribution is 5.85. The molecule has 0 aliphatic rings. The molecule has 0 radical (unpaired) electrons. The van der Waals surface area contributed by atoms with Gasteiger partial charge < -0.3 is 21.1 Å². The van der Waals surface area contributed by atoms with Crippen molar-refractivity contribution in [1.29, 1.82) is 0 Å². The molecule has 7 heteroatoms. The molecule has 0 bridgehead atoms. The molecular weight excluding hydrogens is 262 g/mol. The average molecular weight is 287 g/mol. The Morgan fingerprint density at radius 1 is 1.10 bits per heavy atom. The number of carbonyl (C=O) groups excluding carboxylic acids is 2. The maximum atomic E-state index is 11.9. The summed E-state index contributed by atoms with van der Waals surface area (Å²) < 4.78 is 0. The van der Waals surface area contributed by atoms with E-state index in [2.05, 4.69) is 33.0 Å². The molecule has 0 aliphatic carbocycles. The molecule has 0 unspecified atom stereocenters. The van der Waals surface area contributed by atoms with Crippen LogP contribution in [0.25, 0.3) is 0 Å². The van der Waals surface area contributed by atoms with Crippen LogP contribution in [0.3, 0.4) is 0 Å². The number of nitrogens with zero attached hydrogens (tertiary/aromatic N) is 1. The molecule has 4 N–H and O–H groups in total. The van der Waals surface area contributed by atoms with E-state index in [1.54, 1.807) is 0 Å². The number of nitrogens with one attached hydrogen (secondary N) is 1. The van der Waals surface area contributed by atoms with E-state index in [1.807, 2.05) is 0 Å². The van der Waals surface area contributed by atoms with Gasteiger partial charge >= 0.3 is 12.0 Å². The number of hydrogen-bond donors (Lipinski definition) is 3. The number of primary amides is 1. The maximum absolute atomic E-state index is 11.9. The standard InChI is InChI=1S/C13H25N3O4/c1-8(2)10(9(3)4)5-15-13(20)16(6-11(14)17)7-12(18)19/h8-10H,5-7H2,1-4H3,(H2,14,17)(H,15,20)(H,18,19). The Hall–Kier alpha value is -1.79. The predicted molar refractivity (Wildman–Crippen MR) is 75.0 cm³/mol. The van der Waals surface area contributed by atoms with Crippen molar-refractivity contribution < 1.29 is 19.5 Å². The minimum absolute atomic E-state index is 0.277. The number of aliphatic carboxylic acids is 1. The van der Waals surface area contributed by atoms with Crippen LogP contribution in [-0.2, 0) is 9.59 Å². The molecule has 3 amide bonds. The summed E-state index contributed by atoms with van der Waals surface area (Å²) in [6, 6.07) is -0.586.